The zero-order valence-electron chi connectivity index (χ0n) is 8.97. The van der Waals surface area contributed by atoms with Crippen molar-refractivity contribution < 1.29 is 9.84 Å². The minimum Gasteiger partial charge on any atom is -0.489 e. The third kappa shape index (κ3) is 4.01. The lowest BCUT2D eigenvalue weighted by Gasteiger charge is -2.19. The molecule has 0 unspecified atom stereocenters. The highest BCUT2D eigenvalue weighted by molar-refractivity contribution is 9.10. The average Bonchev–Trinajstić information content (AvgIpc) is 1.99. The van der Waals surface area contributed by atoms with Crippen molar-refractivity contribution in [2.75, 3.05) is 6.61 Å². The van der Waals surface area contributed by atoms with Crippen LogP contribution >= 0.6 is 27.5 Å². The lowest BCUT2D eigenvalue weighted by molar-refractivity contribution is 0.0283. The Hall–Kier alpha value is -0.250. The van der Waals surface area contributed by atoms with E-state index in [0.29, 0.717) is 10.8 Å². The third-order valence-electron chi connectivity index (χ3n) is 1.76. The molecule has 1 aromatic rings. The van der Waals surface area contributed by atoms with Gasteiger partial charge in [-0.05, 0) is 38.5 Å². The van der Waals surface area contributed by atoms with Crippen LogP contribution in [0.4, 0.5) is 0 Å². The van der Waals surface area contributed by atoms with E-state index in [0.717, 1.165) is 10.0 Å². The molecule has 0 fully saturated rings. The summed E-state index contributed by atoms with van der Waals surface area (Å²) in [6.07, 6.45) is 0. The molecule has 2 nitrogen and oxygen atoms in total. The number of ether oxygens (including phenoxy) is 1. The van der Waals surface area contributed by atoms with Crippen LogP contribution in [0.1, 0.15) is 19.4 Å². The van der Waals surface area contributed by atoms with E-state index in [1.165, 1.54) is 0 Å². The van der Waals surface area contributed by atoms with Crippen molar-refractivity contribution >= 4 is 27.5 Å². The highest BCUT2D eigenvalue weighted by Crippen LogP contribution is 2.32. The van der Waals surface area contributed by atoms with E-state index in [1.807, 2.05) is 13.0 Å². The molecule has 1 rings (SSSR count). The molecule has 0 aliphatic rings. The largest absolute Gasteiger partial charge is 0.489 e. The zero-order valence-corrected chi connectivity index (χ0v) is 11.3. The molecule has 0 bridgehead atoms. The number of aliphatic hydroxyl groups is 1. The molecule has 0 aliphatic carbocycles. The van der Waals surface area contributed by atoms with Crippen LogP contribution < -0.4 is 4.74 Å². The number of halogens is 2. The van der Waals surface area contributed by atoms with Gasteiger partial charge in [-0.3, -0.25) is 0 Å². The van der Waals surface area contributed by atoms with Gasteiger partial charge in [0.2, 0.25) is 0 Å². The third-order valence-corrected chi connectivity index (χ3v) is 2.50. The van der Waals surface area contributed by atoms with Crippen molar-refractivity contribution in [3.05, 3.63) is 27.2 Å². The van der Waals surface area contributed by atoms with Crippen LogP contribution in [-0.4, -0.2) is 17.3 Å². The van der Waals surface area contributed by atoms with Crippen LogP contribution in [0.15, 0.2) is 16.6 Å². The number of hydrogen-bond donors (Lipinski definition) is 1. The van der Waals surface area contributed by atoms with E-state index in [9.17, 15) is 5.11 Å². The molecule has 0 radical (unpaired) electrons. The Balaban J connectivity index is 2.86. The maximum Gasteiger partial charge on any atom is 0.141 e. The fraction of sp³-hybridized carbons (Fsp3) is 0.455. The highest BCUT2D eigenvalue weighted by Gasteiger charge is 2.15. The number of benzene rings is 1. The van der Waals surface area contributed by atoms with E-state index in [2.05, 4.69) is 15.9 Å². The SMILES string of the molecule is Cc1cc(Br)cc(Cl)c1OCC(C)(C)O. The van der Waals surface area contributed by atoms with Crippen molar-refractivity contribution in [3.8, 4) is 5.75 Å². The summed E-state index contributed by atoms with van der Waals surface area (Å²) in [6, 6.07) is 3.69. The van der Waals surface area contributed by atoms with Crippen LogP contribution in [0.5, 0.6) is 5.75 Å². The van der Waals surface area contributed by atoms with Gasteiger partial charge in [0, 0.05) is 4.47 Å². The molecule has 0 saturated heterocycles. The fourth-order valence-corrected chi connectivity index (χ4v) is 2.15. The van der Waals surface area contributed by atoms with Crippen LogP contribution in [0, 0.1) is 6.92 Å². The van der Waals surface area contributed by atoms with Gasteiger partial charge < -0.3 is 9.84 Å². The molecule has 1 N–H and O–H groups in total. The van der Waals surface area contributed by atoms with E-state index >= 15 is 0 Å². The first-order chi connectivity index (χ1) is 6.79. The van der Waals surface area contributed by atoms with Crippen LogP contribution in [0.3, 0.4) is 0 Å². The van der Waals surface area contributed by atoms with Crippen molar-refractivity contribution in [1.29, 1.82) is 0 Å². The maximum absolute atomic E-state index is 9.54. The van der Waals surface area contributed by atoms with Crippen LogP contribution in [0.2, 0.25) is 5.02 Å². The van der Waals surface area contributed by atoms with Crippen molar-refractivity contribution in [2.24, 2.45) is 0 Å². The Morgan fingerprint density at radius 1 is 1.47 bits per heavy atom. The number of aryl methyl sites for hydroxylation is 1. The fourth-order valence-electron chi connectivity index (χ4n) is 1.12. The van der Waals surface area contributed by atoms with Gasteiger partial charge in [0.05, 0.1) is 10.6 Å². The summed E-state index contributed by atoms with van der Waals surface area (Å²) in [6.45, 7) is 5.51. The monoisotopic (exact) mass is 292 g/mol. The molecular weight excluding hydrogens is 279 g/mol. The molecule has 1 aromatic carbocycles. The summed E-state index contributed by atoms with van der Waals surface area (Å²) in [5.74, 6) is 0.627. The lowest BCUT2D eigenvalue weighted by atomic mass is 10.1. The van der Waals surface area contributed by atoms with Gasteiger partial charge in [0.25, 0.3) is 0 Å². The molecule has 0 aromatic heterocycles. The summed E-state index contributed by atoms with van der Waals surface area (Å²) in [7, 11) is 0. The van der Waals surface area contributed by atoms with Gasteiger partial charge in [-0.25, -0.2) is 0 Å². The predicted octanol–water partition coefficient (Wildman–Crippen LogP) is 3.56. The molecule has 0 heterocycles. The molecule has 0 saturated carbocycles. The second-order valence-corrected chi connectivity index (χ2v) is 5.46. The first kappa shape index (κ1) is 12.8. The minimum atomic E-state index is -0.858. The summed E-state index contributed by atoms with van der Waals surface area (Å²) < 4.78 is 6.40. The molecule has 0 aliphatic heterocycles. The zero-order chi connectivity index (χ0) is 11.6. The molecule has 84 valence electrons. The van der Waals surface area contributed by atoms with Crippen LogP contribution in [-0.2, 0) is 0 Å². The van der Waals surface area contributed by atoms with E-state index in [1.54, 1.807) is 19.9 Å². The van der Waals surface area contributed by atoms with Gasteiger partial charge in [-0.1, -0.05) is 27.5 Å². The molecule has 4 heteroatoms. The molecular formula is C11H14BrClO2. The quantitative estimate of drug-likeness (QED) is 0.923. The maximum atomic E-state index is 9.54. The van der Waals surface area contributed by atoms with Crippen molar-refractivity contribution in [1.82, 2.24) is 0 Å². The van der Waals surface area contributed by atoms with Gasteiger partial charge in [0.1, 0.15) is 12.4 Å². The second-order valence-electron chi connectivity index (χ2n) is 4.13. The van der Waals surface area contributed by atoms with Crippen molar-refractivity contribution in [3.63, 3.8) is 0 Å². The lowest BCUT2D eigenvalue weighted by Crippen LogP contribution is -2.28. The van der Waals surface area contributed by atoms with Gasteiger partial charge in [-0.2, -0.15) is 0 Å². The number of rotatable bonds is 3. The second kappa shape index (κ2) is 4.73. The minimum absolute atomic E-state index is 0.217. The van der Waals surface area contributed by atoms with Gasteiger partial charge in [0.15, 0.2) is 0 Å². The van der Waals surface area contributed by atoms with Gasteiger partial charge in [-0.15, -0.1) is 0 Å². The predicted molar refractivity (Wildman–Crippen MR) is 65.7 cm³/mol. The Kier molecular flexibility index (Phi) is 4.04. The van der Waals surface area contributed by atoms with E-state index in [-0.39, 0.29) is 6.61 Å². The molecule has 15 heavy (non-hydrogen) atoms. The topological polar surface area (TPSA) is 29.5 Å². The highest BCUT2D eigenvalue weighted by atomic mass is 79.9. The molecule has 0 spiro atoms. The Morgan fingerprint density at radius 3 is 2.53 bits per heavy atom. The van der Waals surface area contributed by atoms with Crippen molar-refractivity contribution in [2.45, 2.75) is 26.4 Å². The molecule has 0 atom stereocenters. The van der Waals surface area contributed by atoms with Gasteiger partial charge >= 0.3 is 0 Å². The Morgan fingerprint density at radius 2 is 2.07 bits per heavy atom. The standard InChI is InChI=1S/C11H14BrClO2/c1-7-4-8(12)5-9(13)10(7)15-6-11(2,3)14/h4-5,14H,6H2,1-3H3. The number of hydrogen-bond acceptors (Lipinski definition) is 2. The Bertz CT molecular complexity index is 335. The first-order valence-electron chi connectivity index (χ1n) is 4.60. The smallest absolute Gasteiger partial charge is 0.141 e. The van der Waals surface area contributed by atoms with Crippen LogP contribution in [0.25, 0.3) is 0 Å². The summed E-state index contributed by atoms with van der Waals surface area (Å²) in [5.41, 5.74) is 0.0849. The summed E-state index contributed by atoms with van der Waals surface area (Å²) in [4.78, 5) is 0. The summed E-state index contributed by atoms with van der Waals surface area (Å²) in [5, 5.41) is 10.1. The average molecular weight is 294 g/mol. The molecule has 0 amide bonds. The first-order valence-corrected chi connectivity index (χ1v) is 5.77. The Labute approximate surface area is 103 Å². The normalized spacial score (nSPS) is 11.6. The van der Waals surface area contributed by atoms with E-state index < -0.39 is 5.60 Å². The van der Waals surface area contributed by atoms with E-state index in [4.69, 9.17) is 16.3 Å². The summed E-state index contributed by atoms with van der Waals surface area (Å²) >= 11 is 9.38.